The van der Waals surface area contributed by atoms with Gasteiger partial charge in [0.05, 0.1) is 0 Å². The first-order valence-electron chi connectivity index (χ1n) is 5.74. The van der Waals surface area contributed by atoms with Crippen molar-refractivity contribution in [2.45, 2.75) is 26.7 Å². The number of ketones is 1. The van der Waals surface area contributed by atoms with Gasteiger partial charge in [0, 0.05) is 27.6 Å². The maximum atomic E-state index is 12.4. The molecule has 1 aromatic heterocycles. The predicted molar refractivity (Wildman–Crippen MR) is 64.7 cm³/mol. The van der Waals surface area contributed by atoms with Gasteiger partial charge in [0.25, 0.3) is 0 Å². The van der Waals surface area contributed by atoms with E-state index in [9.17, 15) is 4.79 Å². The topological polar surface area (TPSA) is 32.9 Å². The van der Waals surface area contributed by atoms with Gasteiger partial charge < -0.3 is 4.98 Å². The number of hydrogen-bond donors (Lipinski definition) is 1. The summed E-state index contributed by atoms with van der Waals surface area (Å²) in [6.45, 7) is 4.08. The van der Waals surface area contributed by atoms with Crippen molar-refractivity contribution in [1.82, 2.24) is 4.98 Å². The summed E-state index contributed by atoms with van der Waals surface area (Å²) in [5.74, 6) is 0.284. The summed E-state index contributed by atoms with van der Waals surface area (Å²) in [5.41, 5.74) is 2.91. The monoisotopic (exact) mass is 213 g/mol. The minimum absolute atomic E-state index is 0.210. The van der Waals surface area contributed by atoms with E-state index < -0.39 is 0 Å². The van der Waals surface area contributed by atoms with Crippen molar-refractivity contribution in [3.8, 4) is 0 Å². The molecule has 3 rings (SSSR count). The molecule has 2 nitrogen and oxygen atoms in total. The van der Waals surface area contributed by atoms with Crippen LogP contribution < -0.4 is 0 Å². The molecule has 0 bridgehead atoms. The Hall–Kier alpha value is -1.57. The number of H-pyrrole nitrogens is 1. The van der Waals surface area contributed by atoms with Crippen LogP contribution in [0.5, 0.6) is 0 Å². The second kappa shape index (κ2) is 2.97. The van der Waals surface area contributed by atoms with Gasteiger partial charge in [0.15, 0.2) is 5.78 Å². The van der Waals surface area contributed by atoms with Crippen LogP contribution in [0.4, 0.5) is 0 Å². The number of hydrogen-bond acceptors (Lipinski definition) is 1. The number of carbonyl (C=O) groups excluding carboxylic acids is 1. The molecule has 1 aromatic carbocycles. The Morgan fingerprint density at radius 1 is 1.25 bits per heavy atom. The van der Waals surface area contributed by atoms with E-state index in [1.165, 1.54) is 0 Å². The van der Waals surface area contributed by atoms with Gasteiger partial charge >= 0.3 is 0 Å². The fraction of sp³-hybridized carbons (Fsp3) is 0.357. The van der Waals surface area contributed by atoms with Crippen LogP contribution in [0.3, 0.4) is 0 Å². The van der Waals surface area contributed by atoms with E-state index in [2.05, 4.69) is 4.98 Å². The molecule has 1 N–H and O–H groups in total. The van der Waals surface area contributed by atoms with Crippen molar-refractivity contribution in [3.63, 3.8) is 0 Å². The van der Waals surface area contributed by atoms with Crippen molar-refractivity contribution in [1.29, 1.82) is 0 Å². The fourth-order valence-electron chi connectivity index (χ4n) is 2.53. The molecule has 0 amide bonds. The molecular formula is C14H15NO. The van der Waals surface area contributed by atoms with E-state index in [0.717, 1.165) is 35.0 Å². The smallest absolute Gasteiger partial charge is 0.170 e. The predicted octanol–water partition coefficient (Wildman–Crippen LogP) is 3.32. The van der Waals surface area contributed by atoms with Crippen LogP contribution in [0.15, 0.2) is 24.3 Å². The first kappa shape index (κ1) is 9.64. The Labute approximate surface area is 94.7 Å². The summed E-state index contributed by atoms with van der Waals surface area (Å²) in [6, 6.07) is 8.06. The van der Waals surface area contributed by atoms with Crippen LogP contribution in [0.25, 0.3) is 10.9 Å². The van der Waals surface area contributed by atoms with Crippen molar-refractivity contribution < 1.29 is 4.79 Å². The molecule has 16 heavy (non-hydrogen) atoms. The largest absolute Gasteiger partial charge is 0.358 e. The second-order valence-electron chi connectivity index (χ2n) is 5.24. The maximum absolute atomic E-state index is 12.4. The summed E-state index contributed by atoms with van der Waals surface area (Å²) in [4.78, 5) is 15.8. The van der Waals surface area contributed by atoms with Crippen molar-refractivity contribution in [2.75, 3.05) is 0 Å². The van der Waals surface area contributed by atoms with E-state index in [-0.39, 0.29) is 11.2 Å². The van der Waals surface area contributed by atoms with Crippen molar-refractivity contribution >= 4 is 16.7 Å². The fourth-order valence-corrected chi connectivity index (χ4v) is 2.53. The van der Waals surface area contributed by atoms with E-state index >= 15 is 0 Å². The minimum Gasteiger partial charge on any atom is -0.358 e. The Kier molecular flexibility index (Phi) is 1.79. The summed E-state index contributed by atoms with van der Waals surface area (Å²) < 4.78 is 0. The molecule has 0 radical (unpaired) electrons. The van der Waals surface area contributed by atoms with E-state index in [1.807, 2.05) is 38.1 Å². The van der Waals surface area contributed by atoms with Gasteiger partial charge in [-0.15, -0.1) is 0 Å². The number of para-hydroxylation sites is 1. The third kappa shape index (κ3) is 1.16. The van der Waals surface area contributed by atoms with Gasteiger partial charge in [-0.1, -0.05) is 32.0 Å². The summed E-state index contributed by atoms with van der Waals surface area (Å²) in [6.07, 6.45) is 1.91. The molecule has 1 heterocycles. The Morgan fingerprint density at radius 3 is 2.81 bits per heavy atom. The van der Waals surface area contributed by atoms with Gasteiger partial charge in [-0.05, 0) is 18.9 Å². The zero-order valence-electron chi connectivity index (χ0n) is 9.63. The molecule has 0 spiro atoms. The molecule has 1 aliphatic rings. The third-order valence-electron chi connectivity index (χ3n) is 3.63. The number of aryl methyl sites for hydroxylation is 1. The number of fused-ring (bicyclic) bond motifs is 3. The maximum Gasteiger partial charge on any atom is 0.170 e. The SMILES string of the molecule is CC1(C)CCc2[nH]c3ccccc3c2C1=O. The molecule has 82 valence electrons. The number of aromatic amines is 1. The van der Waals surface area contributed by atoms with Gasteiger partial charge in [-0.2, -0.15) is 0 Å². The first-order chi connectivity index (χ1) is 7.59. The molecule has 2 aromatic rings. The standard InChI is InChI=1S/C14H15NO/c1-14(2)8-7-11-12(13(14)16)9-5-3-4-6-10(9)15-11/h3-6,15H,7-8H2,1-2H3. The number of rotatable bonds is 0. The van der Waals surface area contributed by atoms with Gasteiger partial charge in [0.1, 0.15) is 0 Å². The van der Waals surface area contributed by atoms with Gasteiger partial charge in [-0.3, -0.25) is 4.79 Å². The quantitative estimate of drug-likeness (QED) is 0.715. The summed E-state index contributed by atoms with van der Waals surface area (Å²) in [5, 5.41) is 1.08. The van der Waals surface area contributed by atoms with E-state index in [0.29, 0.717) is 0 Å². The zero-order valence-corrected chi connectivity index (χ0v) is 9.63. The number of Topliss-reactive ketones (excluding diaryl/α,β-unsaturated/α-hetero) is 1. The van der Waals surface area contributed by atoms with E-state index in [4.69, 9.17) is 0 Å². The summed E-state index contributed by atoms with van der Waals surface area (Å²) in [7, 11) is 0. The molecular weight excluding hydrogens is 198 g/mol. The lowest BCUT2D eigenvalue weighted by atomic mass is 9.75. The lowest BCUT2D eigenvalue weighted by Crippen LogP contribution is -2.29. The highest BCUT2D eigenvalue weighted by Gasteiger charge is 2.36. The Morgan fingerprint density at radius 2 is 2.00 bits per heavy atom. The molecule has 0 saturated heterocycles. The third-order valence-corrected chi connectivity index (χ3v) is 3.63. The Bertz CT molecular complexity index is 577. The molecule has 0 unspecified atom stereocenters. The first-order valence-corrected chi connectivity index (χ1v) is 5.74. The number of aromatic nitrogens is 1. The molecule has 2 heteroatoms. The highest BCUT2D eigenvalue weighted by Crippen LogP contribution is 2.37. The lowest BCUT2D eigenvalue weighted by Gasteiger charge is -2.27. The van der Waals surface area contributed by atoms with Crippen LogP contribution in [0.2, 0.25) is 0 Å². The van der Waals surface area contributed by atoms with E-state index in [1.54, 1.807) is 0 Å². The van der Waals surface area contributed by atoms with Crippen LogP contribution in [0.1, 0.15) is 36.3 Å². The molecule has 0 saturated carbocycles. The lowest BCUT2D eigenvalue weighted by molar-refractivity contribution is 0.0812. The Balaban J connectivity index is 2.33. The van der Waals surface area contributed by atoms with Crippen molar-refractivity contribution in [2.24, 2.45) is 5.41 Å². The average Bonchev–Trinajstić information content (AvgIpc) is 2.63. The number of nitrogens with one attached hydrogen (secondary N) is 1. The normalized spacial score (nSPS) is 18.8. The van der Waals surface area contributed by atoms with Crippen LogP contribution >= 0.6 is 0 Å². The minimum atomic E-state index is -0.210. The molecule has 0 fully saturated rings. The summed E-state index contributed by atoms with van der Waals surface area (Å²) >= 11 is 0. The second-order valence-corrected chi connectivity index (χ2v) is 5.24. The average molecular weight is 213 g/mol. The van der Waals surface area contributed by atoms with Crippen LogP contribution in [-0.2, 0) is 6.42 Å². The molecule has 1 aliphatic carbocycles. The van der Waals surface area contributed by atoms with Crippen molar-refractivity contribution in [3.05, 3.63) is 35.5 Å². The van der Waals surface area contributed by atoms with Crippen LogP contribution in [0, 0.1) is 5.41 Å². The molecule has 0 atom stereocenters. The van der Waals surface area contributed by atoms with Crippen LogP contribution in [-0.4, -0.2) is 10.8 Å². The molecule has 0 aliphatic heterocycles. The highest BCUT2D eigenvalue weighted by molar-refractivity contribution is 6.12. The highest BCUT2D eigenvalue weighted by atomic mass is 16.1. The zero-order chi connectivity index (χ0) is 11.3. The number of carbonyl (C=O) groups is 1. The number of benzene rings is 1. The van der Waals surface area contributed by atoms with Gasteiger partial charge in [-0.25, -0.2) is 0 Å². The van der Waals surface area contributed by atoms with Gasteiger partial charge in [0.2, 0.25) is 0 Å².